The van der Waals surface area contributed by atoms with Gasteiger partial charge in [0.15, 0.2) is 0 Å². The Morgan fingerprint density at radius 3 is 2.46 bits per heavy atom. The number of carbonyl (C=O) groups is 2. The minimum Gasteiger partial charge on any atom is -0.353 e. The van der Waals surface area contributed by atoms with Gasteiger partial charge in [0.25, 0.3) is 0 Å². The van der Waals surface area contributed by atoms with Crippen LogP contribution in [0.5, 0.6) is 0 Å². The van der Waals surface area contributed by atoms with Gasteiger partial charge in [-0.1, -0.05) is 18.9 Å². The van der Waals surface area contributed by atoms with Gasteiger partial charge in [-0.15, -0.1) is 0 Å². The average Bonchev–Trinajstić information content (AvgIpc) is 3.00. The van der Waals surface area contributed by atoms with Crippen molar-refractivity contribution in [3.8, 4) is 0 Å². The normalized spacial score (nSPS) is 17.3. The fourth-order valence-corrected chi connectivity index (χ4v) is 3.11. The zero-order valence-corrected chi connectivity index (χ0v) is 14.1. The van der Waals surface area contributed by atoms with Crippen molar-refractivity contribution in [2.75, 3.05) is 0 Å². The van der Waals surface area contributed by atoms with Gasteiger partial charge in [0, 0.05) is 30.0 Å². The van der Waals surface area contributed by atoms with Gasteiger partial charge in [0.1, 0.15) is 11.6 Å². The van der Waals surface area contributed by atoms with E-state index in [2.05, 4.69) is 10.6 Å². The summed E-state index contributed by atoms with van der Waals surface area (Å²) in [5, 5.41) is 5.54. The Bertz CT molecular complexity index is 601. The summed E-state index contributed by atoms with van der Waals surface area (Å²) < 4.78 is 26.6. The Morgan fingerprint density at radius 1 is 1.17 bits per heavy atom. The number of hydrogen-bond donors (Lipinski definition) is 2. The summed E-state index contributed by atoms with van der Waals surface area (Å²) in [7, 11) is 0. The molecule has 1 aromatic carbocycles. The zero-order chi connectivity index (χ0) is 17.7. The lowest BCUT2D eigenvalue weighted by Crippen LogP contribution is -2.40. The first kappa shape index (κ1) is 18.4. The molecule has 2 N–H and O–H groups in total. The van der Waals surface area contributed by atoms with Gasteiger partial charge in [-0.25, -0.2) is 8.78 Å². The van der Waals surface area contributed by atoms with E-state index in [1.807, 2.05) is 0 Å². The van der Waals surface area contributed by atoms with Gasteiger partial charge >= 0.3 is 0 Å². The van der Waals surface area contributed by atoms with Crippen molar-refractivity contribution in [1.29, 1.82) is 0 Å². The maximum absolute atomic E-state index is 13.7. The molecule has 2 rings (SSSR count). The highest BCUT2D eigenvalue weighted by Gasteiger charge is 2.24. The van der Waals surface area contributed by atoms with Crippen molar-refractivity contribution in [3.63, 3.8) is 0 Å². The molecule has 132 valence electrons. The van der Waals surface area contributed by atoms with Gasteiger partial charge in [0.05, 0.1) is 6.04 Å². The first-order chi connectivity index (χ1) is 11.4. The molecule has 1 fully saturated rings. The lowest BCUT2D eigenvalue weighted by molar-refractivity contribution is -0.126. The number of amides is 2. The Kier molecular flexibility index (Phi) is 6.29. The standard InChI is InChI=1S/C18H24F2N2O2/c1-11(21-18(24)13-5-3-4-6-13)9-17(23)22-12(2)15-8-7-14(19)10-16(15)20/h7-8,10-13H,3-6,9H2,1-2H3,(H,21,24)(H,22,23)/t11-,12+/m0/s1. The van der Waals surface area contributed by atoms with Crippen LogP contribution in [-0.4, -0.2) is 17.9 Å². The molecule has 0 aromatic heterocycles. The molecule has 1 saturated carbocycles. The number of nitrogens with one attached hydrogen (secondary N) is 2. The van der Waals surface area contributed by atoms with Crippen LogP contribution < -0.4 is 10.6 Å². The predicted molar refractivity (Wildman–Crippen MR) is 87.1 cm³/mol. The van der Waals surface area contributed by atoms with Crippen LogP contribution in [0, 0.1) is 17.6 Å². The summed E-state index contributed by atoms with van der Waals surface area (Å²) in [5.41, 5.74) is 0.229. The molecule has 2 atom stereocenters. The summed E-state index contributed by atoms with van der Waals surface area (Å²) in [6.45, 7) is 3.41. The van der Waals surface area contributed by atoms with Crippen molar-refractivity contribution >= 4 is 11.8 Å². The van der Waals surface area contributed by atoms with E-state index >= 15 is 0 Å². The third-order valence-corrected chi connectivity index (χ3v) is 4.41. The molecule has 0 heterocycles. The van der Waals surface area contributed by atoms with Crippen LogP contribution in [0.15, 0.2) is 18.2 Å². The van der Waals surface area contributed by atoms with Crippen LogP contribution in [0.2, 0.25) is 0 Å². The molecule has 1 aromatic rings. The highest BCUT2D eigenvalue weighted by molar-refractivity contribution is 5.81. The van der Waals surface area contributed by atoms with E-state index in [0.717, 1.165) is 37.8 Å². The van der Waals surface area contributed by atoms with Crippen LogP contribution >= 0.6 is 0 Å². The summed E-state index contributed by atoms with van der Waals surface area (Å²) in [6, 6.07) is 2.41. The van der Waals surface area contributed by atoms with E-state index in [4.69, 9.17) is 0 Å². The van der Waals surface area contributed by atoms with E-state index in [1.54, 1.807) is 13.8 Å². The van der Waals surface area contributed by atoms with Gasteiger partial charge in [-0.2, -0.15) is 0 Å². The number of benzene rings is 1. The highest BCUT2D eigenvalue weighted by Crippen LogP contribution is 2.24. The van der Waals surface area contributed by atoms with Gasteiger partial charge < -0.3 is 10.6 Å². The smallest absolute Gasteiger partial charge is 0.223 e. The molecular formula is C18H24F2N2O2. The molecule has 24 heavy (non-hydrogen) atoms. The molecule has 4 nitrogen and oxygen atoms in total. The van der Waals surface area contributed by atoms with Gasteiger partial charge in [0.2, 0.25) is 11.8 Å². The molecule has 0 spiro atoms. The van der Waals surface area contributed by atoms with E-state index < -0.39 is 17.7 Å². The van der Waals surface area contributed by atoms with Crippen molar-refractivity contribution in [2.45, 2.75) is 58.0 Å². The second-order valence-electron chi connectivity index (χ2n) is 6.55. The van der Waals surface area contributed by atoms with E-state index in [-0.39, 0.29) is 35.8 Å². The Morgan fingerprint density at radius 2 is 1.83 bits per heavy atom. The van der Waals surface area contributed by atoms with E-state index in [9.17, 15) is 18.4 Å². The molecule has 0 radical (unpaired) electrons. The summed E-state index contributed by atoms with van der Waals surface area (Å²) >= 11 is 0. The third kappa shape index (κ3) is 5.01. The maximum Gasteiger partial charge on any atom is 0.223 e. The fourth-order valence-electron chi connectivity index (χ4n) is 3.11. The molecule has 0 bridgehead atoms. The number of hydrogen-bond acceptors (Lipinski definition) is 2. The fraction of sp³-hybridized carbons (Fsp3) is 0.556. The lowest BCUT2D eigenvalue weighted by Gasteiger charge is -2.19. The van der Waals surface area contributed by atoms with Crippen molar-refractivity contribution in [2.24, 2.45) is 5.92 Å². The SMILES string of the molecule is C[C@@H](CC(=O)N[C@H](C)c1ccc(F)cc1F)NC(=O)C1CCCC1. The molecule has 0 aliphatic heterocycles. The quantitative estimate of drug-likeness (QED) is 0.837. The third-order valence-electron chi connectivity index (χ3n) is 4.41. The Balaban J connectivity index is 1.82. The molecule has 0 unspecified atom stereocenters. The molecule has 1 aliphatic carbocycles. The largest absolute Gasteiger partial charge is 0.353 e. The van der Waals surface area contributed by atoms with E-state index in [0.29, 0.717) is 0 Å². The van der Waals surface area contributed by atoms with Crippen molar-refractivity contribution in [3.05, 3.63) is 35.4 Å². The highest BCUT2D eigenvalue weighted by atomic mass is 19.1. The molecule has 6 heteroatoms. The van der Waals surface area contributed by atoms with Crippen LogP contribution in [0.25, 0.3) is 0 Å². The number of carbonyl (C=O) groups excluding carboxylic acids is 2. The lowest BCUT2D eigenvalue weighted by atomic mass is 10.1. The first-order valence-electron chi connectivity index (χ1n) is 8.41. The van der Waals surface area contributed by atoms with E-state index in [1.165, 1.54) is 6.07 Å². The molecule has 0 saturated heterocycles. The Hall–Kier alpha value is -1.98. The molecule has 1 aliphatic rings. The molecular weight excluding hydrogens is 314 g/mol. The molecule has 2 amide bonds. The monoisotopic (exact) mass is 338 g/mol. The van der Waals surface area contributed by atoms with Crippen LogP contribution in [-0.2, 0) is 9.59 Å². The minimum absolute atomic E-state index is 0.00503. The van der Waals surface area contributed by atoms with Crippen LogP contribution in [0.4, 0.5) is 8.78 Å². The summed E-state index contributed by atoms with van der Waals surface area (Å²) in [6.07, 6.45) is 4.09. The average molecular weight is 338 g/mol. The zero-order valence-electron chi connectivity index (χ0n) is 14.1. The first-order valence-corrected chi connectivity index (χ1v) is 8.41. The predicted octanol–water partition coefficient (Wildman–Crippen LogP) is 3.23. The number of halogens is 2. The van der Waals surface area contributed by atoms with Gasteiger partial charge in [-0.05, 0) is 32.8 Å². The maximum atomic E-state index is 13.7. The second kappa shape index (κ2) is 8.22. The number of rotatable bonds is 6. The van der Waals surface area contributed by atoms with Crippen molar-refractivity contribution < 1.29 is 18.4 Å². The van der Waals surface area contributed by atoms with Crippen molar-refractivity contribution in [1.82, 2.24) is 10.6 Å². The summed E-state index contributed by atoms with van der Waals surface area (Å²) in [4.78, 5) is 24.1. The van der Waals surface area contributed by atoms with Gasteiger partial charge in [-0.3, -0.25) is 9.59 Å². The second-order valence-corrected chi connectivity index (χ2v) is 6.55. The topological polar surface area (TPSA) is 58.2 Å². The Labute approximate surface area is 141 Å². The summed E-state index contributed by atoms with van der Waals surface area (Å²) in [5.74, 6) is -1.57. The minimum atomic E-state index is -0.689. The van der Waals surface area contributed by atoms with Crippen LogP contribution in [0.3, 0.4) is 0 Å². The van der Waals surface area contributed by atoms with Crippen LogP contribution in [0.1, 0.15) is 57.6 Å².